The number of amides is 1. The zero-order valence-electron chi connectivity index (χ0n) is 19.7. The fraction of sp³-hybridized carbons (Fsp3) is 0.0968. The topological polar surface area (TPSA) is 38.1 Å². The van der Waals surface area contributed by atoms with Gasteiger partial charge in [-0.25, -0.2) is 4.68 Å². The molecule has 5 rings (SSSR count). The van der Waals surface area contributed by atoms with Crippen LogP contribution in [-0.4, -0.2) is 20.6 Å². The second-order valence-electron chi connectivity index (χ2n) is 8.63. The van der Waals surface area contributed by atoms with Crippen molar-refractivity contribution < 1.29 is 4.79 Å². The molecule has 0 spiro atoms. The lowest BCUT2D eigenvalue weighted by Crippen LogP contribution is -2.30. The molecule has 0 unspecified atom stereocenters. The standard InChI is InChI=1S/C31H27N3O/c1-24-21-30(27-15-9-4-10-16-27)34(32-24)29-19-17-28(18-20-29)31(35)33(22-25-11-5-2-6-12-25)23-26-13-7-3-8-14-26/h2-21H,22-23H2,1H3. The van der Waals surface area contributed by atoms with Crippen molar-refractivity contribution in [3.63, 3.8) is 0 Å². The van der Waals surface area contributed by atoms with Gasteiger partial charge in [-0.15, -0.1) is 0 Å². The number of benzene rings is 4. The molecule has 0 radical (unpaired) electrons. The normalized spacial score (nSPS) is 10.8. The van der Waals surface area contributed by atoms with Crippen LogP contribution < -0.4 is 0 Å². The molecule has 4 nitrogen and oxygen atoms in total. The lowest BCUT2D eigenvalue weighted by atomic mass is 10.1. The summed E-state index contributed by atoms with van der Waals surface area (Å²) in [7, 11) is 0. The third-order valence-corrected chi connectivity index (χ3v) is 5.98. The summed E-state index contributed by atoms with van der Waals surface area (Å²) in [5.74, 6) is 0.00387. The van der Waals surface area contributed by atoms with E-state index in [4.69, 9.17) is 5.10 Å². The van der Waals surface area contributed by atoms with Gasteiger partial charge in [0.05, 0.1) is 17.1 Å². The Morgan fingerprint density at radius 2 is 1.23 bits per heavy atom. The second kappa shape index (κ2) is 10.2. The Hall–Kier alpha value is -4.44. The molecule has 4 heteroatoms. The van der Waals surface area contributed by atoms with E-state index in [1.807, 2.05) is 95.4 Å². The van der Waals surface area contributed by atoms with Crippen LogP contribution >= 0.6 is 0 Å². The molecular weight excluding hydrogens is 430 g/mol. The van der Waals surface area contributed by atoms with E-state index in [1.54, 1.807) is 0 Å². The molecule has 1 amide bonds. The third-order valence-electron chi connectivity index (χ3n) is 5.98. The molecule has 0 fully saturated rings. The molecule has 1 aromatic heterocycles. The maximum Gasteiger partial charge on any atom is 0.254 e. The Morgan fingerprint density at radius 3 is 1.77 bits per heavy atom. The average Bonchev–Trinajstić information content (AvgIpc) is 3.31. The SMILES string of the molecule is Cc1cc(-c2ccccc2)n(-c2ccc(C(=O)N(Cc3ccccc3)Cc3ccccc3)cc2)n1. The Labute approximate surface area is 206 Å². The van der Waals surface area contributed by atoms with Crippen molar-refractivity contribution in [2.24, 2.45) is 0 Å². The van der Waals surface area contributed by atoms with Gasteiger partial charge in [-0.1, -0.05) is 91.0 Å². The lowest BCUT2D eigenvalue weighted by molar-refractivity contribution is 0.0730. The molecule has 0 aliphatic heterocycles. The zero-order valence-corrected chi connectivity index (χ0v) is 19.7. The van der Waals surface area contributed by atoms with E-state index < -0.39 is 0 Å². The van der Waals surface area contributed by atoms with Crippen molar-refractivity contribution in [2.45, 2.75) is 20.0 Å². The molecule has 0 aliphatic carbocycles. The molecule has 1 heterocycles. The molecule has 0 saturated heterocycles. The number of nitrogens with zero attached hydrogens (tertiary/aromatic N) is 3. The van der Waals surface area contributed by atoms with Crippen LogP contribution in [0, 0.1) is 6.92 Å². The van der Waals surface area contributed by atoms with Gasteiger partial charge in [0.15, 0.2) is 0 Å². The van der Waals surface area contributed by atoms with Crippen LogP contribution in [0.5, 0.6) is 0 Å². The Balaban J connectivity index is 1.43. The van der Waals surface area contributed by atoms with Crippen molar-refractivity contribution in [3.05, 3.63) is 144 Å². The first-order valence-corrected chi connectivity index (χ1v) is 11.8. The summed E-state index contributed by atoms with van der Waals surface area (Å²) < 4.78 is 1.94. The number of carbonyl (C=O) groups excluding carboxylic acids is 1. The second-order valence-corrected chi connectivity index (χ2v) is 8.63. The van der Waals surface area contributed by atoms with Crippen LogP contribution in [-0.2, 0) is 13.1 Å². The van der Waals surface area contributed by atoms with Crippen LogP contribution in [0.3, 0.4) is 0 Å². The van der Waals surface area contributed by atoms with Gasteiger partial charge in [0.2, 0.25) is 0 Å². The van der Waals surface area contributed by atoms with Gasteiger partial charge < -0.3 is 4.90 Å². The highest BCUT2D eigenvalue weighted by molar-refractivity contribution is 5.94. The number of hydrogen-bond donors (Lipinski definition) is 0. The Morgan fingerprint density at radius 1 is 0.714 bits per heavy atom. The largest absolute Gasteiger partial charge is 0.330 e. The highest BCUT2D eigenvalue weighted by atomic mass is 16.2. The predicted octanol–water partition coefficient (Wildman–Crippen LogP) is 6.69. The highest BCUT2D eigenvalue weighted by Gasteiger charge is 2.18. The van der Waals surface area contributed by atoms with E-state index in [0.717, 1.165) is 33.8 Å². The van der Waals surface area contributed by atoms with E-state index in [0.29, 0.717) is 18.7 Å². The maximum absolute atomic E-state index is 13.6. The monoisotopic (exact) mass is 457 g/mol. The quantitative estimate of drug-likeness (QED) is 0.273. The fourth-order valence-electron chi connectivity index (χ4n) is 4.25. The van der Waals surface area contributed by atoms with E-state index in [2.05, 4.69) is 42.5 Å². The van der Waals surface area contributed by atoms with E-state index in [9.17, 15) is 4.79 Å². The molecule has 0 aliphatic rings. The van der Waals surface area contributed by atoms with Crippen LogP contribution in [0.4, 0.5) is 0 Å². The van der Waals surface area contributed by atoms with Crippen LogP contribution in [0.1, 0.15) is 27.2 Å². The van der Waals surface area contributed by atoms with Gasteiger partial charge in [-0.2, -0.15) is 5.10 Å². The number of aryl methyl sites for hydroxylation is 1. The number of carbonyl (C=O) groups is 1. The fourth-order valence-corrected chi connectivity index (χ4v) is 4.25. The van der Waals surface area contributed by atoms with Crippen molar-refractivity contribution in [2.75, 3.05) is 0 Å². The smallest absolute Gasteiger partial charge is 0.254 e. The van der Waals surface area contributed by atoms with Crippen LogP contribution in [0.2, 0.25) is 0 Å². The van der Waals surface area contributed by atoms with Crippen molar-refractivity contribution in [1.29, 1.82) is 0 Å². The summed E-state index contributed by atoms with van der Waals surface area (Å²) in [5, 5.41) is 4.70. The molecule has 172 valence electrons. The Bertz CT molecular complexity index is 1350. The minimum atomic E-state index is 0.00387. The number of rotatable bonds is 7. The summed E-state index contributed by atoms with van der Waals surface area (Å²) >= 11 is 0. The molecule has 0 atom stereocenters. The minimum absolute atomic E-state index is 0.00387. The molecule has 0 bridgehead atoms. The summed E-state index contributed by atoms with van der Waals surface area (Å²) in [6, 6.07) is 40.3. The summed E-state index contributed by atoms with van der Waals surface area (Å²) in [5.41, 5.74) is 6.86. The van der Waals surface area contributed by atoms with Crippen molar-refractivity contribution in [3.8, 4) is 16.9 Å². The zero-order chi connectivity index (χ0) is 24.0. The highest BCUT2D eigenvalue weighted by Crippen LogP contribution is 2.24. The number of hydrogen-bond acceptors (Lipinski definition) is 2. The summed E-state index contributed by atoms with van der Waals surface area (Å²) in [4.78, 5) is 15.5. The molecule has 0 saturated carbocycles. The molecule has 4 aromatic carbocycles. The summed E-state index contributed by atoms with van der Waals surface area (Å²) in [6.45, 7) is 3.09. The van der Waals surface area contributed by atoms with Crippen molar-refractivity contribution in [1.82, 2.24) is 14.7 Å². The van der Waals surface area contributed by atoms with E-state index in [1.165, 1.54) is 0 Å². The van der Waals surface area contributed by atoms with Crippen molar-refractivity contribution >= 4 is 5.91 Å². The first-order chi connectivity index (χ1) is 17.2. The van der Waals surface area contributed by atoms with Gasteiger partial charge in [0.25, 0.3) is 5.91 Å². The predicted molar refractivity (Wildman–Crippen MR) is 140 cm³/mol. The van der Waals surface area contributed by atoms with E-state index >= 15 is 0 Å². The number of aromatic nitrogens is 2. The Kier molecular flexibility index (Phi) is 6.53. The van der Waals surface area contributed by atoms with Crippen LogP contribution in [0.25, 0.3) is 16.9 Å². The lowest BCUT2D eigenvalue weighted by Gasteiger charge is -2.23. The van der Waals surface area contributed by atoms with Crippen LogP contribution in [0.15, 0.2) is 121 Å². The summed E-state index contributed by atoms with van der Waals surface area (Å²) in [6.07, 6.45) is 0. The molecule has 0 N–H and O–H groups in total. The first-order valence-electron chi connectivity index (χ1n) is 11.8. The maximum atomic E-state index is 13.6. The van der Waals surface area contributed by atoms with Gasteiger partial charge >= 0.3 is 0 Å². The molecule has 5 aromatic rings. The molecule has 35 heavy (non-hydrogen) atoms. The van der Waals surface area contributed by atoms with Gasteiger partial charge in [-0.05, 0) is 48.4 Å². The van der Waals surface area contributed by atoms with Gasteiger partial charge in [-0.3, -0.25) is 4.79 Å². The van der Waals surface area contributed by atoms with Gasteiger partial charge in [0, 0.05) is 24.2 Å². The van der Waals surface area contributed by atoms with E-state index in [-0.39, 0.29) is 5.91 Å². The first kappa shape index (κ1) is 22.4. The molecular formula is C31H27N3O. The van der Waals surface area contributed by atoms with Gasteiger partial charge in [0.1, 0.15) is 0 Å². The average molecular weight is 458 g/mol. The minimum Gasteiger partial charge on any atom is -0.330 e. The third kappa shape index (κ3) is 5.22.